The first-order chi connectivity index (χ1) is 11.7. The van der Waals surface area contributed by atoms with Crippen LogP contribution in [-0.2, 0) is 6.42 Å². The lowest BCUT2D eigenvalue weighted by molar-refractivity contribution is 0.247. The van der Waals surface area contributed by atoms with E-state index in [4.69, 9.17) is 9.47 Å². The van der Waals surface area contributed by atoms with Gasteiger partial charge in [-0.05, 0) is 55.3 Å². The van der Waals surface area contributed by atoms with E-state index in [0.29, 0.717) is 25.4 Å². The van der Waals surface area contributed by atoms with E-state index in [9.17, 15) is 4.79 Å². The van der Waals surface area contributed by atoms with Gasteiger partial charge in [0.15, 0.2) is 0 Å². The predicted molar refractivity (Wildman–Crippen MR) is 95.9 cm³/mol. The highest BCUT2D eigenvalue weighted by atomic mass is 16.5. The summed E-state index contributed by atoms with van der Waals surface area (Å²) in [6, 6.07) is 15.0. The summed E-state index contributed by atoms with van der Waals surface area (Å²) in [6.45, 7) is 5.50. The number of aryl methyl sites for hydroxylation is 1. The van der Waals surface area contributed by atoms with Crippen molar-refractivity contribution in [2.24, 2.45) is 0 Å². The monoisotopic (exact) mass is 328 g/mol. The molecular weight excluding hydrogens is 304 g/mol. The maximum Gasteiger partial charge on any atom is 0.319 e. The summed E-state index contributed by atoms with van der Waals surface area (Å²) >= 11 is 0. The number of anilines is 1. The molecule has 0 aliphatic rings. The van der Waals surface area contributed by atoms with Gasteiger partial charge in [0.05, 0.1) is 13.2 Å². The van der Waals surface area contributed by atoms with Gasteiger partial charge in [-0.15, -0.1) is 0 Å². The van der Waals surface area contributed by atoms with Crippen molar-refractivity contribution in [2.75, 3.05) is 25.1 Å². The molecule has 0 aromatic heterocycles. The second kappa shape index (κ2) is 9.45. The fourth-order valence-electron chi connectivity index (χ4n) is 2.17. The third-order valence-electron chi connectivity index (χ3n) is 3.39. The minimum Gasteiger partial charge on any atom is -0.494 e. The van der Waals surface area contributed by atoms with Crippen LogP contribution in [0.1, 0.15) is 19.4 Å². The molecule has 2 aromatic rings. The molecule has 0 atom stereocenters. The van der Waals surface area contributed by atoms with Crippen LogP contribution in [0.2, 0.25) is 0 Å². The number of carbonyl (C=O) groups excluding carboxylic acids is 1. The average molecular weight is 328 g/mol. The number of nitrogens with one attached hydrogen (secondary N) is 2. The molecule has 2 aromatic carbocycles. The molecule has 0 aliphatic heterocycles. The SMILES string of the molecule is CCOc1ccc(NC(=O)NCCOc2cccc(CC)c2)cc1. The third kappa shape index (κ3) is 5.83. The Morgan fingerprint density at radius 2 is 1.79 bits per heavy atom. The van der Waals surface area contributed by atoms with Crippen molar-refractivity contribution in [3.8, 4) is 11.5 Å². The topological polar surface area (TPSA) is 59.6 Å². The molecule has 0 fully saturated rings. The molecule has 0 radical (unpaired) electrons. The highest BCUT2D eigenvalue weighted by Gasteiger charge is 2.02. The van der Waals surface area contributed by atoms with E-state index in [-0.39, 0.29) is 6.03 Å². The van der Waals surface area contributed by atoms with Gasteiger partial charge in [0, 0.05) is 5.69 Å². The number of urea groups is 1. The Kier molecular flexibility index (Phi) is 6.95. The normalized spacial score (nSPS) is 10.1. The molecule has 0 heterocycles. The number of rotatable bonds is 8. The highest BCUT2D eigenvalue weighted by Crippen LogP contribution is 2.15. The average Bonchev–Trinajstić information content (AvgIpc) is 2.61. The van der Waals surface area contributed by atoms with Gasteiger partial charge in [-0.2, -0.15) is 0 Å². The van der Waals surface area contributed by atoms with E-state index < -0.39 is 0 Å². The van der Waals surface area contributed by atoms with Crippen LogP contribution in [0.3, 0.4) is 0 Å². The molecule has 0 spiro atoms. The lowest BCUT2D eigenvalue weighted by atomic mass is 10.2. The van der Waals surface area contributed by atoms with Crippen molar-refractivity contribution in [2.45, 2.75) is 20.3 Å². The quantitative estimate of drug-likeness (QED) is 0.724. The number of hydrogen-bond acceptors (Lipinski definition) is 3. The maximum atomic E-state index is 11.8. The van der Waals surface area contributed by atoms with E-state index >= 15 is 0 Å². The van der Waals surface area contributed by atoms with Crippen LogP contribution in [0, 0.1) is 0 Å². The molecule has 2 rings (SSSR count). The molecule has 24 heavy (non-hydrogen) atoms. The van der Waals surface area contributed by atoms with Gasteiger partial charge in [0.25, 0.3) is 0 Å². The van der Waals surface area contributed by atoms with E-state index in [1.807, 2.05) is 37.3 Å². The molecule has 0 saturated heterocycles. The van der Waals surface area contributed by atoms with Gasteiger partial charge in [-0.25, -0.2) is 4.79 Å². The van der Waals surface area contributed by atoms with Gasteiger partial charge in [-0.1, -0.05) is 19.1 Å². The second-order valence-electron chi connectivity index (χ2n) is 5.19. The minimum atomic E-state index is -0.259. The first-order valence-electron chi connectivity index (χ1n) is 8.20. The molecule has 5 heteroatoms. The number of amides is 2. The fraction of sp³-hybridized carbons (Fsp3) is 0.316. The summed E-state index contributed by atoms with van der Waals surface area (Å²) in [7, 11) is 0. The molecule has 0 aliphatic carbocycles. The van der Waals surface area contributed by atoms with Crippen LogP contribution in [0.25, 0.3) is 0 Å². The summed E-state index contributed by atoms with van der Waals surface area (Å²) in [4.78, 5) is 11.8. The molecular formula is C19H24N2O3. The predicted octanol–water partition coefficient (Wildman–Crippen LogP) is 3.85. The highest BCUT2D eigenvalue weighted by molar-refractivity contribution is 5.89. The van der Waals surface area contributed by atoms with Crippen molar-refractivity contribution in [3.05, 3.63) is 54.1 Å². The zero-order chi connectivity index (χ0) is 17.2. The molecule has 0 unspecified atom stereocenters. The van der Waals surface area contributed by atoms with Crippen molar-refractivity contribution in [1.82, 2.24) is 5.32 Å². The molecule has 2 N–H and O–H groups in total. The van der Waals surface area contributed by atoms with Crippen LogP contribution in [-0.4, -0.2) is 25.8 Å². The van der Waals surface area contributed by atoms with Crippen LogP contribution in [0.5, 0.6) is 11.5 Å². The summed E-state index contributed by atoms with van der Waals surface area (Å²) in [5.41, 5.74) is 1.95. The Bertz CT molecular complexity index is 641. The van der Waals surface area contributed by atoms with Crippen LogP contribution in [0.4, 0.5) is 10.5 Å². The summed E-state index contributed by atoms with van der Waals surface area (Å²) in [5, 5.41) is 5.53. The second-order valence-corrected chi connectivity index (χ2v) is 5.19. The van der Waals surface area contributed by atoms with Gasteiger partial charge in [0.1, 0.15) is 18.1 Å². The van der Waals surface area contributed by atoms with Crippen LogP contribution < -0.4 is 20.1 Å². The first kappa shape index (κ1) is 17.7. The van der Waals surface area contributed by atoms with Crippen molar-refractivity contribution >= 4 is 11.7 Å². The van der Waals surface area contributed by atoms with Crippen LogP contribution in [0.15, 0.2) is 48.5 Å². The summed E-state index contributed by atoms with van der Waals surface area (Å²) in [6.07, 6.45) is 0.972. The Balaban J connectivity index is 1.69. The molecule has 2 amide bonds. The van der Waals surface area contributed by atoms with Gasteiger partial charge in [0.2, 0.25) is 0 Å². The molecule has 128 valence electrons. The summed E-state index contributed by atoms with van der Waals surface area (Å²) in [5.74, 6) is 1.61. The Morgan fingerprint density at radius 3 is 2.50 bits per heavy atom. The maximum absolute atomic E-state index is 11.8. The van der Waals surface area contributed by atoms with Crippen LogP contribution >= 0.6 is 0 Å². The minimum absolute atomic E-state index is 0.259. The Labute approximate surface area is 143 Å². The van der Waals surface area contributed by atoms with E-state index in [2.05, 4.69) is 23.6 Å². The number of carbonyl (C=O) groups is 1. The number of ether oxygens (including phenoxy) is 2. The molecule has 5 nitrogen and oxygen atoms in total. The van der Waals surface area contributed by atoms with Crippen molar-refractivity contribution in [3.63, 3.8) is 0 Å². The molecule has 0 bridgehead atoms. The molecule has 0 saturated carbocycles. The lowest BCUT2D eigenvalue weighted by Gasteiger charge is -2.10. The van der Waals surface area contributed by atoms with Gasteiger partial charge >= 0.3 is 6.03 Å². The Morgan fingerprint density at radius 1 is 1.00 bits per heavy atom. The lowest BCUT2D eigenvalue weighted by Crippen LogP contribution is -2.32. The largest absolute Gasteiger partial charge is 0.494 e. The zero-order valence-electron chi connectivity index (χ0n) is 14.2. The van der Waals surface area contributed by atoms with E-state index in [0.717, 1.165) is 17.9 Å². The standard InChI is InChI=1S/C19H24N2O3/c1-3-15-6-5-7-18(14-15)24-13-12-20-19(22)21-16-8-10-17(11-9-16)23-4-2/h5-11,14H,3-4,12-13H2,1-2H3,(H2,20,21,22). The first-order valence-corrected chi connectivity index (χ1v) is 8.20. The Hall–Kier alpha value is -2.69. The van der Waals surface area contributed by atoms with Crippen molar-refractivity contribution in [1.29, 1.82) is 0 Å². The number of benzene rings is 2. The van der Waals surface area contributed by atoms with E-state index in [1.165, 1.54) is 5.56 Å². The van der Waals surface area contributed by atoms with Crippen molar-refractivity contribution < 1.29 is 14.3 Å². The van der Waals surface area contributed by atoms with E-state index in [1.54, 1.807) is 12.1 Å². The summed E-state index contributed by atoms with van der Waals surface area (Å²) < 4.78 is 11.0. The van der Waals surface area contributed by atoms with Gasteiger partial charge < -0.3 is 20.1 Å². The fourth-order valence-corrected chi connectivity index (χ4v) is 2.17. The third-order valence-corrected chi connectivity index (χ3v) is 3.39. The smallest absolute Gasteiger partial charge is 0.319 e. The van der Waals surface area contributed by atoms with Gasteiger partial charge in [-0.3, -0.25) is 0 Å². The zero-order valence-corrected chi connectivity index (χ0v) is 14.2. The number of hydrogen-bond donors (Lipinski definition) is 2.